The van der Waals surface area contributed by atoms with E-state index in [1.54, 1.807) is 6.92 Å². The molecular formula is C15H24N2OS. The zero-order valence-corrected chi connectivity index (χ0v) is 12.8. The van der Waals surface area contributed by atoms with Gasteiger partial charge in [0, 0.05) is 4.90 Å². The van der Waals surface area contributed by atoms with Crippen molar-refractivity contribution in [1.82, 2.24) is 0 Å². The van der Waals surface area contributed by atoms with Crippen LogP contribution in [0.4, 0.5) is 0 Å². The van der Waals surface area contributed by atoms with E-state index >= 15 is 0 Å². The van der Waals surface area contributed by atoms with Gasteiger partial charge in [0.05, 0.1) is 5.54 Å². The molecule has 0 aliphatic heterocycles. The number of hydrogen-bond donors (Lipinski definition) is 2. The summed E-state index contributed by atoms with van der Waals surface area (Å²) in [6.45, 7) is 5.94. The number of benzene rings is 1. The highest BCUT2D eigenvalue weighted by molar-refractivity contribution is 7.99. The van der Waals surface area contributed by atoms with Crippen LogP contribution in [0.25, 0.3) is 0 Å². The van der Waals surface area contributed by atoms with Gasteiger partial charge in [-0.25, -0.2) is 0 Å². The molecule has 0 saturated carbocycles. The molecule has 0 spiro atoms. The number of rotatable bonds is 7. The van der Waals surface area contributed by atoms with Gasteiger partial charge in [0.2, 0.25) is 5.91 Å². The molecule has 19 heavy (non-hydrogen) atoms. The van der Waals surface area contributed by atoms with E-state index in [2.05, 4.69) is 32.0 Å². The summed E-state index contributed by atoms with van der Waals surface area (Å²) < 4.78 is 0. The van der Waals surface area contributed by atoms with Crippen LogP contribution in [0.15, 0.2) is 23.1 Å². The molecule has 1 aromatic rings. The van der Waals surface area contributed by atoms with Crippen molar-refractivity contribution in [2.75, 3.05) is 5.75 Å². The van der Waals surface area contributed by atoms with Crippen molar-refractivity contribution in [2.45, 2.75) is 50.5 Å². The van der Waals surface area contributed by atoms with Gasteiger partial charge in [-0.2, -0.15) is 0 Å². The Bertz CT molecular complexity index is 444. The molecule has 106 valence electrons. The molecule has 1 atom stereocenters. The lowest BCUT2D eigenvalue weighted by atomic mass is 9.96. The van der Waals surface area contributed by atoms with E-state index < -0.39 is 11.4 Å². The van der Waals surface area contributed by atoms with Crippen LogP contribution >= 0.6 is 11.8 Å². The van der Waals surface area contributed by atoms with Gasteiger partial charge < -0.3 is 11.5 Å². The molecule has 1 unspecified atom stereocenters. The Kier molecular flexibility index (Phi) is 5.88. The lowest BCUT2D eigenvalue weighted by molar-refractivity contribution is -0.122. The zero-order chi connectivity index (χ0) is 14.5. The average Bonchev–Trinajstić information content (AvgIpc) is 2.31. The normalized spacial score (nSPS) is 14.1. The maximum Gasteiger partial charge on any atom is 0.237 e. The number of hydrogen-bond acceptors (Lipinski definition) is 3. The molecule has 3 nitrogen and oxygen atoms in total. The Morgan fingerprint density at radius 1 is 1.32 bits per heavy atom. The molecule has 4 heteroatoms. The lowest BCUT2D eigenvalue weighted by Crippen LogP contribution is -2.49. The summed E-state index contributed by atoms with van der Waals surface area (Å²) in [5.74, 6) is 0.619. The second-order valence-electron chi connectivity index (χ2n) is 5.36. The minimum Gasteiger partial charge on any atom is -0.368 e. The molecule has 1 amide bonds. The van der Waals surface area contributed by atoms with Gasteiger partial charge in [0.1, 0.15) is 0 Å². The first-order chi connectivity index (χ1) is 8.83. The van der Waals surface area contributed by atoms with Crippen molar-refractivity contribution < 1.29 is 4.79 Å². The Morgan fingerprint density at radius 3 is 2.58 bits per heavy atom. The maximum absolute atomic E-state index is 11.1. The maximum atomic E-state index is 11.1. The fourth-order valence-electron chi connectivity index (χ4n) is 1.86. The topological polar surface area (TPSA) is 69.1 Å². The molecule has 1 aromatic carbocycles. The van der Waals surface area contributed by atoms with Crippen molar-refractivity contribution in [3.05, 3.63) is 29.3 Å². The van der Waals surface area contributed by atoms with Crippen LogP contribution in [0.3, 0.4) is 0 Å². The van der Waals surface area contributed by atoms with Gasteiger partial charge in [-0.05, 0) is 51.0 Å². The van der Waals surface area contributed by atoms with E-state index in [0.717, 1.165) is 18.6 Å². The number of unbranched alkanes of at least 4 members (excludes halogenated alkanes) is 1. The van der Waals surface area contributed by atoms with Gasteiger partial charge in [-0.1, -0.05) is 24.1 Å². The molecule has 0 saturated heterocycles. The highest BCUT2D eigenvalue weighted by Crippen LogP contribution is 2.24. The number of nitrogens with two attached hydrogens (primary N) is 2. The van der Waals surface area contributed by atoms with E-state index in [1.807, 2.05) is 11.8 Å². The molecule has 4 N–H and O–H groups in total. The van der Waals surface area contributed by atoms with Crippen LogP contribution in [0.2, 0.25) is 0 Å². The van der Waals surface area contributed by atoms with Crippen molar-refractivity contribution in [1.29, 1.82) is 0 Å². The van der Waals surface area contributed by atoms with Crippen molar-refractivity contribution in [3.8, 4) is 0 Å². The zero-order valence-electron chi connectivity index (χ0n) is 12.0. The number of thioether (sulfide) groups is 1. The molecule has 1 rings (SSSR count). The Balaban J connectivity index is 2.30. The molecule has 0 aliphatic carbocycles. The third-order valence-electron chi connectivity index (χ3n) is 3.24. The van der Waals surface area contributed by atoms with E-state index in [4.69, 9.17) is 11.5 Å². The first-order valence-electron chi connectivity index (χ1n) is 6.62. The molecular weight excluding hydrogens is 256 g/mol. The number of amides is 1. The third kappa shape index (κ3) is 5.25. The quantitative estimate of drug-likeness (QED) is 0.596. The monoisotopic (exact) mass is 280 g/mol. The van der Waals surface area contributed by atoms with Crippen molar-refractivity contribution in [3.63, 3.8) is 0 Å². The summed E-state index contributed by atoms with van der Waals surface area (Å²) in [6, 6.07) is 6.51. The van der Waals surface area contributed by atoms with Crippen LogP contribution in [0.1, 0.15) is 37.3 Å². The molecule has 0 aliphatic rings. The van der Waals surface area contributed by atoms with Crippen LogP contribution in [0.5, 0.6) is 0 Å². The number of aryl methyl sites for hydroxylation is 2. The van der Waals surface area contributed by atoms with Crippen molar-refractivity contribution >= 4 is 17.7 Å². The largest absolute Gasteiger partial charge is 0.368 e. The Labute approximate surface area is 120 Å². The number of carbonyl (C=O) groups excluding carboxylic acids is 1. The average molecular weight is 280 g/mol. The SMILES string of the molecule is Cc1ccc(SCCCCC(C)(N)C(N)=O)c(C)c1. The molecule has 0 bridgehead atoms. The first kappa shape index (κ1) is 16.1. The van der Waals surface area contributed by atoms with Crippen LogP contribution in [-0.4, -0.2) is 17.2 Å². The summed E-state index contributed by atoms with van der Waals surface area (Å²) in [6.07, 6.45) is 2.61. The molecule has 0 fully saturated rings. The van der Waals surface area contributed by atoms with Gasteiger partial charge in [0.15, 0.2) is 0 Å². The van der Waals surface area contributed by atoms with Crippen LogP contribution in [-0.2, 0) is 4.79 Å². The second kappa shape index (κ2) is 6.96. The van der Waals surface area contributed by atoms with E-state index in [0.29, 0.717) is 6.42 Å². The predicted molar refractivity (Wildman–Crippen MR) is 82.3 cm³/mol. The second-order valence-corrected chi connectivity index (χ2v) is 6.49. The summed E-state index contributed by atoms with van der Waals surface area (Å²) in [4.78, 5) is 12.4. The van der Waals surface area contributed by atoms with Crippen molar-refractivity contribution in [2.24, 2.45) is 11.5 Å². The predicted octanol–water partition coefficient (Wildman–Crippen LogP) is 2.77. The van der Waals surface area contributed by atoms with E-state index in [1.165, 1.54) is 16.0 Å². The highest BCUT2D eigenvalue weighted by Gasteiger charge is 2.24. The van der Waals surface area contributed by atoms with Gasteiger partial charge >= 0.3 is 0 Å². The Hall–Kier alpha value is -1.00. The Morgan fingerprint density at radius 2 is 2.00 bits per heavy atom. The summed E-state index contributed by atoms with van der Waals surface area (Å²) in [7, 11) is 0. The third-order valence-corrected chi connectivity index (χ3v) is 4.50. The van der Waals surface area contributed by atoms with Gasteiger partial charge in [0.25, 0.3) is 0 Å². The summed E-state index contributed by atoms with van der Waals surface area (Å²) in [5.41, 5.74) is 12.8. The minimum absolute atomic E-state index is 0.422. The van der Waals surface area contributed by atoms with Gasteiger partial charge in [-0.15, -0.1) is 11.8 Å². The van der Waals surface area contributed by atoms with E-state index in [-0.39, 0.29) is 0 Å². The highest BCUT2D eigenvalue weighted by atomic mass is 32.2. The van der Waals surface area contributed by atoms with Gasteiger partial charge in [-0.3, -0.25) is 4.79 Å². The van der Waals surface area contributed by atoms with Crippen LogP contribution < -0.4 is 11.5 Å². The number of carbonyl (C=O) groups is 1. The molecule has 0 aromatic heterocycles. The number of primary amides is 1. The minimum atomic E-state index is -0.871. The fourth-order valence-corrected chi connectivity index (χ4v) is 2.88. The summed E-state index contributed by atoms with van der Waals surface area (Å²) in [5, 5.41) is 0. The van der Waals surface area contributed by atoms with Crippen LogP contribution in [0, 0.1) is 13.8 Å². The standard InChI is InChI=1S/C15H24N2OS/c1-11-6-7-13(12(2)10-11)19-9-5-4-8-15(3,17)14(16)18/h6-7,10H,4-5,8-9,17H2,1-3H3,(H2,16,18). The summed E-state index contributed by atoms with van der Waals surface area (Å²) >= 11 is 1.86. The smallest absolute Gasteiger partial charge is 0.237 e. The molecule has 0 heterocycles. The lowest BCUT2D eigenvalue weighted by Gasteiger charge is -2.19. The first-order valence-corrected chi connectivity index (χ1v) is 7.60. The molecule has 0 radical (unpaired) electrons. The van der Waals surface area contributed by atoms with E-state index in [9.17, 15) is 4.79 Å². The fraction of sp³-hybridized carbons (Fsp3) is 0.533.